The Morgan fingerprint density at radius 3 is 2.32 bits per heavy atom. The summed E-state index contributed by atoms with van der Waals surface area (Å²) in [6.45, 7) is -0.255. The molecule has 2 N–H and O–H groups in total. The highest BCUT2D eigenvalue weighted by Gasteiger charge is 2.28. The number of methoxy groups -OCH3 is 4. The molecule has 8 nitrogen and oxygen atoms in total. The molecule has 0 amide bonds. The zero-order valence-corrected chi connectivity index (χ0v) is 15.9. The molecule has 0 unspecified atom stereocenters. The first-order valence-electron chi connectivity index (χ1n) is 8.27. The van der Waals surface area contributed by atoms with Crippen molar-refractivity contribution in [3.63, 3.8) is 0 Å². The summed E-state index contributed by atoms with van der Waals surface area (Å²) in [5, 5.41) is 20.6. The SMILES string of the molecule is COC(=O)c1c(-c2ccc(OC)c(OC)c2O)oc2c(OC)cc(CO)cc12. The molecule has 3 rings (SSSR count). The van der Waals surface area contributed by atoms with Gasteiger partial charge in [0, 0.05) is 5.39 Å². The minimum absolute atomic E-state index is 0.0775. The van der Waals surface area contributed by atoms with Crippen LogP contribution in [-0.4, -0.2) is 44.6 Å². The molecule has 0 aliphatic rings. The predicted molar refractivity (Wildman–Crippen MR) is 100 cm³/mol. The van der Waals surface area contributed by atoms with Crippen LogP contribution in [0.25, 0.3) is 22.3 Å². The fourth-order valence-corrected chi connectivity index (χ4v) is 3.06. The lowest BCUT2D eigenvalue weighted by Gasteiger charge is -2.12. The van der Waals surface area contributed by atoms with Crippen LogP contribution in [-0.2, 0) is 11.3 Å². The Labute approximate surface area is 160 Å². The van der Waals surface area contributed by atoms with Crippen molar-refractivity contribution in [3.05, 3.63) is 35.4 Å². The molecule has 28 heavy (non-hydrogen) atoms. The molecule has 0 bridgehead atoms. The quantitative estimate of drug-likeness (QED) is 0.620. The summed E-state index contributed by atoms with van der Waals surface area (Å²) < 4.78 is 26.6. The van der Waals surface area contributed by atoms with E-state index in [9.17, 15) is 15.0 Å². The van der Waals surface area contributed by atoms with Gasteiger partial charge in [-0.1, -0.05) is 0 Å². The van der Waals surface area contributed by atoms with Gasteiger partial charge in [-0.2, -0.15) is 0 Å². The number of hydrogen-bond donors (Lipinski definition) is 2. The molecule has 1 heterocycles. The molecular formula is C20H20O8. The van der Waals surface area contributed by atoms with Gasteiger partial charge in [-0.15, -0.1) is 0 Å². The Balaban J connectivity index is 2.40. The van der Waals surface area contributed by atoms with Crippen LogP contribution in [0.3, 0.4) is 0 Å². The molecule has 0 radical (unpaired) electrons. The van der Waals surface area contributed by atoms with E-state index in [-0.39, 0.29) is 40.6 Å². The number of carbonyl (C=O) groups excluding carboxylic acids is 1. The lowest BCUT2D eigenvalue weighted by atomic mass is 10.0. The van der Waals surface area contributed by atoms with Gasteiger partial charge in [0.15, 0.2) is 28.6 Å². The number of aliphatic hydroxyl groups is 1. The van der Waals surface area contributed by atoms with Crippen molar-refractivity contribution in [1.29, 1.82) is 0 Å². The van der Waals surface area contributed by atoms with Crippen LogP contribution in [0.15, 0.2) is 28.7 Å². The molecule has 148 valence electrons. The Morgan fingerprint density at radius 1 is 1.04 bits per heavy atom. The second-order valence-corrected chi connectivity index (χ2v) is 5.83. The molecule has 3 aromatic rings. The first-order valence-corrected chi connectivity index (χ1v) is 8.27. The van der Waals surface area contributed by atoms with Gasteiger partial charge in [-0.05, 0) is 29.8 Å². The van der Waals surface area contributed by atoms with Crippen LogP contribution in [0.4, 0.5) is 0 Å². The monoisotopic (exact) mass is 388 g/mol. The summed E-state index contributed by atoms with van der Waals surface area (Å²) in [4.78, 5) is 12.5. The molecule has 0 aliphatic heterocycles. The fourth-order valence-electron chi connectivity index (χ4n) is 3.06. The van der Waals surface area contributed by atoms with Crippen molar-refractivity contribution in [1.82, 2.24) is 0 Å². The summed E-state index contributed by atoms with van der Waals surface area (Å²) in [5.74, 6) is -0.0991. The normalized spacial score (nSPS) is 10.8. The largest absolute Gasteiger partial charge is 0.504 e. The summed E-state index contributed by atoms with van der Waals surface area (Å²) in [6, 6.07) is 6.33. The number of furan rings is 1. The fraction of sp³-hybridized carbons (Fsp3) is 0.250. The van der Waals surface area contributed by atoms with Crippen LogP contribution in [0, 0.1) is 0 Å². The van der Waals surface area contributed by atoms with Gasteiger partial charge in [0.25, 0.3) is 0 Å². The van der Waals surface area contributed by atoms with Gasteiger partial charge in [0.2, 0.25) is 5.75 Å². The van der Waals surface area contributed by atoms with E-state index in [4.69, 9.17) is 23.4 Å². The van der Waals surface area contributed by atoms with Crippen LogP contribution in [0.2, 0.25) is 0 Å². The summed E-state index contributed by atoms with van der Waals surface area (Å²) in [5.41, 5.74) is 1.11. The van der Waals surface area contributed by atoms with Gasteiger partial charge in [-0.3, -0.25) is 0 Å². The number of phenols is 1. The predicted octanol–water partition coefficient (Wildman–Crippen LogP) is 3.11. The van der Waals surface area contributed by atoms with E-state index in [1.54, 1.807) is 24.3 Å². The standard InChI is InChI=1S/C20H20O8/c1-24-13-6-5-11(16(22)19(13)26-3)18-15(20(23)27-4)12-7-10(9-21)8-14(25-2)17(12)28-18/h5-8,21-22H,9H2,1-4H3. The van der Waals surface area contributed by atoms with Crippen molar-refractivity contribution in [2.45, 2.75) is 6.61 Å². The molecule has 0 spiro atoms. The van der Waals surface area contributed by atoms with Crippen molar-refractivity contribution in [2.24, 2.45) is 0 Å². The number of aromatic hydroxyl groups is 1. The Kier molecular flexibility index (Phi) is 5.32. The van der Waals surface area contributed by atoms with Crippen LogP contribution >= 0.6 is 0 Å². The molecule has 1 aromatic heterocycles. The first-order chi connectivity index (χ1) is 13.5. The van der Waals surface area contributed by atoms with Gasteiger partial charge in [0.1, 0.15) is 5.56 Å². The van der Waals surface area contributed by atoms with E-state index >= 15 is 0 Å². The topological polar surface area (TPSA) is 108 Å². The van der Waals surface area contributed by atoms with E-state index in [0.29, 0.717) is 22.4 Å². The second kappa shape index (κ2) is 7.69. The van der Waals surface area contributed by atoms with Crippen molar-refractivity contribution in [3.8, 4) is 34.3 Å². The van der Waals surface area contributed by atoms with Crippen molar-refractivity contribution in [2.75, 3.05) is 28.4 Å². The van der Waals surface area contributed by atoms with Gasteiger partial charge < -0.3 is 33.6 Å². The summed E-state index contributed by atoms with van der Waals surface area (Å²) >= 11 is 0. The van der Waals surface area contributed by atoms with Crippen molar-refractivity contribution < 1.29 is 38.4 Å². The number of hydrogen-bond acceptors (Lipinski definition) is 8. The van der Waals surface area contributed by atoms with Gasteiger partial charge in [-0.25, -0.2) is 4.79 Å². The second-order valence-electron chi connectivity index (χ2n) is 5.83. The average Bonchev–Trinajstić information content (AvgIpc) is 3.10. The third kappa shape index (κ3) is 2.97. The molecule has 0 aliphatic carbocycles. The first kappa shape index (κ1) is 19.4. The number of phenolic OH excluding ortho intramolecular Hbond substituents is 1. The minimum atomic E-state index is -0.667. The highest BCUT2D eigenvalue weighted by Crippen LogP contribution is 2.47. The molecule has 8 heteroatoms. The third-order valence-electron chi connectivity index (χ3n) is 4.37. The maximum Gasteiger partial charge on any atom is 0.342 e. The van der Waals surface area contributed by atoms with E-state index in [1.165, 1.54) is 28.4 Å². The molecule has 2 aromatic carbocycles. The number of esters is 1. The lowest BCUT2D eigenvalue weighted by molar-refractivity contribution is 0.0603. The van der Waals surface area contributed by atoms with Crippen LogP contribution in [0.5, 0.6) is 23.0 Å². The Morgan fingerprint density at radius 2 is 1.75 bits per heavy atom. The summed E-state index contributed by atoms with van der Waals surface area (Å²) in [6.07, 6.45) is 0. The summed E-state index contributed by atoms with van der Waals surface area (Å²) in [7, 11) is 5.52. The molecule has 0 saturated heterocycles. The zero-order valence-electron chi connectivity index (χ0n) is 15.9. The molecule has 0 fully saturated rings. The lowest BCUT2D eigenvalue weighted by Crippen LogP contribution is -2.02. The number of carbonyl (C=O) groups is 1. The number of rotatable bonds is 6. The number of ether oxygens (including phenoxy) is 4. The average molecular weight is 388 g/mol. The minimum Gasteiger partial charge on any atom is -0.504 e. The van der Waals surface area contributed by atoms with E-state index in [1.807, 2.05) is 0 Å². The maximum absolute atomic E-state index is 12.5. The highest BCUT2D eigenvalue weighted by molar-refractivity contribution is 6.10. The van der Waals surface area contributed by atoms with Gasteiger partial charge >= 0.3 is 5.97 Å². The van der Waals surface area contributed by atoms with E-state index < -0.39 is 5.97 Å². The maximum atomic E-state index is 12.5. The highest BCUT2D eigenvalue weighted by atomic mass is 16.5. The van der Waals surface area contributed by atoms with Gasteiger partial charge in [0.05, 0.1) is 40.6 Å². The van der Waals surface area contributed by atoms with Crippen LogP contribution < -0.4 is 14.2 Å². The number of aliphatic hydroxyl groups excluding tert-OH is 1. The van der Waals surface area contributed by atoms with E-state index in [0.717, 1.165) is 0 Å². The number of fused-ring (bicyclic) bond motifs is 1. The Hall–Kier alpha value is -3.39. The zero-order chi connectivity index (χ0) is 20.4. The molecule has 0 saturated carbocycles. The van der Waals surface area contributed by atoms with Crippen LogP contribution in [0.1, 0.15) is 15.9 Å². The molecular weight excluding hydrogens is 368 g/mol. The van der Waals surface area contributed by atoms with E-state index in [2.05, 4.69) is 0 Å². The smallest absolute Gasteiger partial charge is 0.342 e. The number of benzene rings is 2. The van der Waals surface area contributed by atoms with Crippen molar-refractivity contribution >= 4 is 16.9 Å². The Bertz CT molecular complexity index is 1030. The third-order valence-corrected chi connectivity index (χ3v) is 4.37. The molecule has 0 atom stereocenters.